The van der Waals surface area contributed by atoms with E-state index in [1.165, 1.54) is 0 Å². The molecule has 1 N–H and O–H groups in total. The van der Waals surface area contributed by atoms with Crippen molar-refractivity contribution in [2.75, 3.05) is 13.1 Å². The molecule has 1 fully saturated rings. The minimum absolute atomic E-state index is 0.113. The molecule has 0 radical (unpaired) electrons. The average molecular weight is 343 g/mol. The fraction of sp³-hybridized carbons (Fsp3) is 0.500. The van der Waals surface area contributed by atoms with E-state index in [0.717, 1.165) is 13.0 Å². The third kappa shape index (κ3) is 3.93. The molecule has 22 heavy (non-hydrogen) atoms. The van der Waals surface area contributed by atoms with E-state index in [-0.39, 0.29) is 17.9 Å². The maximum Gasteiger partial charge on any atom is 0.227 e. The van der Waals surface area contributed by atoms with Crippen LogP contribution in [-0.4, -0.2) is 35.8 Å². The van der Waals surface area contributed by atoms with Crippen molar-refractivity contribution in [3.05, 3.63) is 33.8 Å². The van der Waals surface area contributed by atoms with E-state index in [1.807, 2.05) is 6.92 Å². The maximum atomic E-state index is 12.4. The second-order valence-corrected chi connectivity index (χ2v) is 6.52. The lowest BCUT2D eigenvalue weighted by Gasteiger charge is -2.23. The summed E-state index contributed by atoms with van der Waals surface area (Å²) in [6.45, 7) is 4.97. The van der Waals surface area contributed by atoms with Crippen LogP contribution in [0, 0.1) is 0 Å². The molecule has 6 heteroatoms. The van der Waals surface area contributed by atoms with Gasteiger partial charge in [0.25, 0.3) is 0 Å². The number of nitrogens with zero attached hydrogens (tertiary/aromatic N) is 1. The molecule has 0 aromatic heterocycles. The lowest BCUT2D eigenvalue weighted by Crippen LogP contribution is -2.43. The van der Waals surface area contributed by atoms with Crippen LogP contribution in [0.15, 0.2) is 18.2 Å². The van der Waals surface area contributed by atoms with Crippen LogP contribution in [0.5, 0.6) is 0 Å². The number of nitrogens with one attached hydrogen (secondary N) is 1. The van der Waals surface area contributed by atoms with Gasteiger partial charge in [0.15, 0.2) is 0 Å². The molecule has 1 aromatic rings. The monoisotopic (exact) mass is 342 g/mol. The fourth-order valence-electron chi connectivity index (χ4n) is 2.70. The van der Waals surface area contributed by atoms with Gasteiger partial charge in [-0.05, 0) is 32.4 Å². The lowest BCUT2D eigenvalue weighted by atomic mass is 10.00. The Hall–Kier alpha value is -1.26. The van der Waals surface area contributed by atoms with Crippen LogP contribution in [0.4, 0.5) is 0 Å². The van der Waals surface area contributed by atoms with Crippen LogP contribution >= 0.6 is 23.2 Å². The fourth-order valence-corrected chi connectivity index (χ4v) is 3.42. The first-order chi connectivity index (χ1) is 10.4. The first kappa shape index (κ1) is 17.1. The van der Waals surface area contributed by atoms with Gasteiger partial charge < -0.3 is 10.2 Å². The van der Waals surface area contributed by atoms with Gasteiger partial charge in [0, 0.05) is 41.2 Å². The zero-order chi connectivity index (χ0) is 16.3. The van der Waals surface area contributed by atoms with Crippen LogP contribution in [0.3, 0.4) is 0 Å². The second-order valence-electron chi connectivity index (χ2n) is 5.71. The number of hydrogen-bond acceptors (Lipinski definition) is 2. The molecule has 2 atom stereocenters. The normalized spacial score (nSPS) is 17.5. The standard InChI is InChI=1S/C16H20Cl2N2O2/c1-10(9-20-8-4-7-14(20)21)19-16(22)11(2)15-12(17)5-3-6-13(15)18/h3,5-6,10-11H,4,7-9H2,1-2H3,(H,19,22). The van der Waals surface area contributed by atoms with E-state index in [4.69, 9.17) is 23.2 Å². The van der Waals surface area contributed by atoms with Crippen LogP contribution in [0.2, 0.25) is 10.0 Å². The van der Waals surface area contributed by atoms with E-state index >= 15 is 0 Å². The van der Waals surface area contributed by atoms with E-state index in [2.05, 4.69) is 5.32 Å². The van der Waals surface area contributed by atoms with Crippen LogP contribution in [-0.2, 0) is 9.59 Å². The Bertz CT molecular complexity index is 557. The molecular formula is C16H20Cl2N2O2. The Labute approximate surface area is 140 Å². The Morgan fingerprint density at radius 2 is 1.95 bits per heavy atom. The number of rotatable bonds is 5. The summed E-state index contributed by atoms with van der Waals surface area (Å²) in [5, 5.41) is 3.90. The van der Waals surface area contributed by atoms with Crippen molar-refractivity contribution < 1.29 is 9.59 Å². The summed E-state index contributed by atoms with van der Waals surface area (Å²) in [7, 11) is 0. The van der Waals surface area contributed by atoms with Gasteiger partial charge in [0.05, 0.1) is 5.92 Å². The van der Waals surface area contributed by atoms with Crippen LogP contribution < -0.4 is 5.32 Å². The van der Waals surface area contributed by atoms with E-state index < -0.39 is 5.92 Å². The van der Waals surface area contributed by atoms with E-state index in [0.29, 0.717) is 28.6 Å². The highest BCUT2D eigenvalue weighted by Gasteiger charge is 2.25. The number of halogens is 2. The van der Waals surface area contributed by atoms with E-state index in [9.17, 15) is 9.59 Å². The number of carbonyl (C=O) groups is 2. The highest BCUT2D eigenvalue weighted by atomic mass is 35.5. The van der Waals surface area contributed by atoms with Crippen molar-refractivity contribution in [2.45, 2.75) is 38.6 Å². The van der Waals surface area contributed by atoms with Crippen molar-refractivity contribution in [1.82, 2.24) is 10.2 Å². The van der Waals surface area contributed by atoms with Gasteiger partial charge in [-0.15, -0.1) is 0 Å². The minimum atomic E-state index is -0.446. The average Bonchev–Trinajstić information content (AvgIpc) is 2.83. The van der Waals surface area contributed by atoms with Crippen LogP contribution in [0.25, 0.3) is 0 Å². The SMILES string of the molecule is CC(CN1CCCC1=O)NC(=O)C(C)c1c(Cl)cccc1Cl. The van der Waals surface area contributed by atoms with Gasteiger partial charge in [-0.1, -0.05) is 29.3 Å². The summed E-state index contributed by atoms with van der Waals surface area (Å²) in [6.07, 6.45) is 1.50. The number of benzene rings is 1. The molecule has 2 rings (SSSR count). The van der Waals surface area contributed by atoms with Crippen molar-refractivity contribution in [2.24, 2.45) is 0 Å². The third-order valence-electron chi connectivity index (χ3n) is 3.88. The molecule has 1 heterocycles. The first-order valence-electron chi connectivity index (χ1n) is 7.42. The molecule has 1 aliphatic heterocycles. The Morgan fingerprint density at radius 3 is 2.50 bits per heavy atom. The summed E-state index contributed by atoms with van der Waals surface area (Å²) in [6, 6.07) is 5.08. The quantitative estimate of drug-likeness (QED) is 0.892. The predicted molar refractivity (Wildman–Crippen MR) is 88.3 cm³/mol. The Balaban J connectivity index is 1.97. The predicted octanol–water partition coefficient (Wildman–Crippen LogP) is 3.22. The summed E-state index contributed by atoms with van der Waals surface area (Å²) in [4.78, 5) is 25.8. The molecule has 2 unspecified atom stereocenters. The molecule has 2 amide bonds. The summed E-state index contributed by atoms with van der Waals surface area (Å²) < 4.78 is 0. The number of hydrogen-bond donors (Lipinski definition) is 1. The van der Waals surface area contributed by atoms with Gasteiger partial charge >= 0.3 is 0 Å². The lowest BCUT2D eigenvalue weighted by molar-refractivity contribution is -0.129. The van der Waals surface area contributed by atoms with Gasteiger partial charge in [-0.25, -0.2) is 0 Å². The molecule has 0 saturated carbocycles. The molecule has 1 saturated heterocycles. The summed E-state index contributed by atoms with van der Waals surface area (Å²) in [5.74, 6) is -0.435. The summed E-state index contributed by atoms with van der Waals surface area (Å²) >= 11 is 12.3. The molecular weight excluding hydrogens is 323 g/mol. The molecule has 1 aliphatic rings. The zero-order valence-corrected chi connectivity index (χ0v) is 14.2. The third-order valence-corrected chi connectivity index (χ3v) is 4.54. The summed E-state index contributed by atoms with van der Waals surface area (Å²) in [5.41, 5.74) is 0.632. The van der Waals surface area contributed by atoms with Gasteiger partial charge in [-0.2, -0.15) is 0 Å². The van der Waals surface area contributed by atoms with Crippen LogP contribution in [0.1, 0.15) is 38.2 Å². The second kappa shape index (κ2) is 7.34. The van der Waals surface area contributed by atoms with E-state index in [1.54, 1.807) is 30.0 Å². The van der Waals surface area contributed by atoms with Gasteiger partial charge in [0.2, 0.25) is 11.8 Å². The first-order valence-corrected chi connectivity index (χ1v) is 8.17. The van der Waals surface area contributed by atoms with Crippen molar-refractivity contribution in [3.63, 3.8) is 0 Å². The molecule has 120 valence electrons. The maximum absolute atomic E-state index is 12.4. The molecule has 4 nitrogen and oxygen atoms in total. The Morgan fingerprint density at radius 1 is 1.32 bits per heavy atom. The minimum Gasteiger partial charge on any atom is -0.351 e. The van der Waals surface area contributed by atoms with Crippen molar-refractivity contribution >= 4 is 35.0 Å². The molecule has 0 bridgehead atoms. The smallest absolute Gasteiger partial charge is 0.227 e. The van der Waals surface area contributed by atoms with Crippen molar-refractivity contribution in [3.8, 4) is 0 Å². The highest BCUT2D eigenvalue weighted by Crippen LogP contribution is 2.31. The zero-order valence-electron chi connectivity index (χ0n) is 12.7. The molecule has 1 aromatic carbocycles. The topological polar surface area (TPSA) is 49.4 Å². The number of carbonyl (C=O) groups excluding carboxylic acids is 2. The van der Waals surface area contributed by atoms with Crippen molar-refractivity contribution in [1.29, 1.82) is 0 Å². The highest BCUT2D eigenvalue weighted by molar-refractivity contribution is 6.36. The van der Waals surface area contributed by atoms with Gasteiger partial charge in [-0.3, -0.25) is 9.59 Å². The van der Waals surface area contributed by atoms with Gasteiger partial charge in [0.1, 0.15) is 0 Å². The number of amides is 2. The molecule has 0 spiro atoms. The Kier molecular flexibility index (Phi) is 5.70. The number of likely N-dealkylation sites (tertiary alicyclic amines) is 1. The molecule has 0 aliphatic carbocycles. The largest absolute Gasteiger partial charge is 0.351 e.